The third-order valence-corrected chi connectivity index (χ3v) is 3.84. The van der Waals surface area contributed by atoms with Gasteiger partial charge in [0.2, 0.25) is 11.8 Å². The van der Waals surface area contributed by atoms with E-state index in [0.29, 0.717) is 6.42 Å². The van der Waals surface area contributed by atoms with E-state index < -0.39 is 17.6 Å². The molecule has 0 fully saturated rings. The predicted molar refractivity (Wildman–Crippen MR) is 92.4 cm³/mol. The number of halogens is 4. The normalized spacial score (nSPS) is 11.1. The number of carbonyl (C=O) groups excluding carboxylic acids is 2. The molecule has 2 rings (SSSR count). The summed E-state index contributed by atoms with van der Waals surface area (Å²) >= 11 is 0. The summed E-state index contributed by atoms with van der Waals surface area (Å²) in [6, 6.07) is 10.0. The van der Waals surface area contributed by atoms with E-state index >= 15 is 0 Å². The minimum Gasteiger partial charge on any atom is -0.333 e. The second-order valence-electron chi connectivity index (χ2n) is 5.94. The third-order valence-electron chi connectivity index (χ3n) is 3.84. The zero-order valence-corrected chi connectivity index (χ0v) is 14.5. The molecular formula is C19H18F4N2O2. The number of carbonyl (C=O) groups is 2. The van der Waals surface area contributed by atoms with Gasteiger partial charge in [0.1, 0.15) is 5.82 Å². The zero-order valence-electron chi connectivity index (χ0n) is 14.5. The van der Waals surface area contributed by atoms with Gasteiger partial charge in [0.15, 0.2) is 0 Å². The Kier molecular flexibility index (Phi) is 6.55. The molecule has 27 heavy (non-hydrogen) atoms. The number of benzene rings is 2. The van der Waals surface area contributed by atoms with Gasteiger partial charge >= 0.3 is 6.18 Å². The molecule has 0 heterocycles. The van der Waals surface area contributed by atoms with E-state index in [1.807, 2.05) is 0 Å². The van der Waals surface area contributed by atoms with Crippen LogP contribution in [0.1, 0.15) is 18.1 Å². The zero-order chi connectivity index (χ0) is 20.0. The smallest absolute Gasteiger partial charge is 0.333 e. The van der Waals surface area contributed by atoms with E-state index in [4.69, 9.17) is 0 Å². The third kappa shape index (κ3) is 6.40. The number of rotatable bonds is 6. The topological polar surface area (TPSA) is 49.4 Å². The van der Waals surface area contributed by atoms with Crippen LogP contribution in [0.3, 0.4) is 0 Å². The van der Waals surface area contributed by atoms with Crippen LogP contribution in [0, 0.1) is 5.82 Å². The molecule has 0 spiro atoms. The van der Waals surface area contributed by atoms with Crippen molar-refractivity contribution in [1.29, 1.82) is 0 Å². The van der Waals surface area contributed by atoms with Crippen molar-refractivity contribution in [3.05, 3.63) is 65.5 Å². The second-order valence-corrected chi connectivity index (χ2v) is 5.94. The van der Waals surface area contributed by atoms with E-state index in [9.17, 15) is 27.2 Å². The minimum atomic E-state index is -4.51. The van der Waals surface area contributed by atoms with Gasteiger partial charge in [-0.15, -0.1) is 0 Å². The molecule has 0 saturated heterocycles. The van der Waals surface area contributed by atoms with E-state index in [0.717, 1.165) is 17.7 Å². The van der Waals surface area contributed by atoms with Gasteiger partial charge in [-0.1, -0.05) is 18.2 Å². The lowest BCUT2D eigenvalue weighted by Crippen LogP contribution is -2.38. The van der Waals surface area contributed by atoms with E-state index in [-0.39, 0.29) is 30.5 Å². The molecule has 144 valence electrons. The lowest BCUT2D eigenvalue weighted by Gasteiger charge is -2.20. The summed E-state index contributed by atoms with van der Waals surface area (Å²) in [4.78, 5) is 25.1. The first-order valence-electron chi connectivity index (χ1n) is 8.12. The first-order chi connectivity index (χ1) is 12.6. The molecule has 4 nitrogen and oxygen atoms in total. The van der Waals surface area contributed by atoms with Crippen molar-refractivity contribution < 1.29 is 27.2 Å². The number of hydrogen-bond acceptors (Lipinski definition) is 2. The Balaban J connectivity index is 1.96. The monoisotopic (exact) mass is 382 g/mol. The molecule has 0 aromatic heterocycles. The second kappa shape index (κ2) is 8.66. The summed E-state index contributed by atoms with van der Waals surface area (Å²) in [5, 5.41) is 2.36. The largest absolute Gasteiger partial charge is 0.416 e. The first-order valence-corrected chi connectivity index (χ1v) is 8.12. The molecule has 0 radical (unpaired) electrons. The highest BCUT2D eigenvalue weighted by atomic mass is 19.4. The molecule has 0 aliphatic carbocycles. The predicted octanol–water partition coefficient (Wildman–Crippen LogP) is 3.87. The molecule has 0 saturated carbocycles. The lowest BCUT2D eigenvalue weighted by atomic mass is 10.1. The van der Waals surface area contributed by atoms with Crippen molar-refractivity contribution in [2.45, 2.75) is 19.5 Å². The standard InChI is InChI=1S/C19H18F4N2O2/c1-13(26)25(10-9-14-5-7-16(20)8-6-14)12-18(27)24-17-4-2-3-15(11-17)19(21,22)23/h2-8,11H,9-10,12H2,1H3,(H,24,27). The maximum Gasteiger partial charge on any atom is 0.416 e. The highest BCUT2D eigenvalue weighted by Gasteiger charge is 2.30. The Labute approximate surface area is 153 Å². The van der Waals surface area contributed by atoms with Crippen LogP contribution in [0.25, 0.3) is 0 Å². The van der Waals surface area contributed by atoms with Crippen LogP contribution < -0.4 is 5.32 Å². The molecule has 2 amide bonds. The van der Waals surface area contributed by atoms with Crippen LogP contribution in [-0.2, 0) is 22.2 Å². The van der Waals surface area contributed by atoms with Crippen LogP contribution in [0.5, 0.6) is 0 Å². The highest BCUT2D eigenvalue weighted by Crippen LogP contribution is 2.30. The minimum absolute atomic E-state index is 0.00291. The van der Waals surface area contributed by atoms with Gasteiger partial charge in [-0.3, -0.25) is 9.59 Å². The Morgan fingerprint density at radius 2 is 1.74 bits per heavy atom. The number of hydrogen-bond donors (Lipinski definition) is 1. The number of amides is 2. The number of alkyl halides is 3. The van der Waals surface area contributed by atoms with E-state index in [1.165, 1.54) is 36.1 Å². The molecule has 2 aromatic rings. The fourth-order valence-corrected chi connectivity index (χ4v) is 2.41. The van der Waals surface area contributed by atoms with Crippen molar-refractivity contribution in [2.75, 3.05) is 18.4 Å². The van der Waals surface area contributed by atoms with Crippen molar-refractivity contribution in [1.82, 2.24) is 4.90 Å². The van der Waals surface area contributed by atoms with E-state index in [2.05, 4.69) is 5.32 Å². The molecule has 1 N–H and O–H groups in total. The van der Waals surface area contributed by atoms with Gasteiger partial charge < -0.3 is 10.2 Å². The molecule has 2 aromatic carbocycles. The maximum atomic E-state index is 12.9. The fourth-order valence-electron chi connectivity index (χ4n) is 2.41. The molecule has 0 atom stereocenters. The number of nitrogens with one attached hydrogen (secondary N) is 1. The van der Waals surface area contributed by atoms with Gasteiger partial charge in [-0.2, -0.15) is 13.2 Å². The molecule has 0 aliphatic rings. The van der Waals surface area contributed by atoms with Crippen molar-refractivity contribution in [2.24, 2.45) is 0 Å². The Morgan fingerprint density at radius 3 is 2.33 bits per heavy atom. The average Bonchev–Trinajstić information content (AvgIpc) is 2.59. The summed E-state index contributed by atoms with van der Waals surface area (Å²) in [5.74, 6) is -1.33. The maximum absolute atomic E-state index is 12.9. The molecular weight excluding hydrogens is 364 g/mol. The molecule has 0 unspecified atom stereocenters. The number of nitrogens with zero attached hydrogens (tertiary/aromatic N) is 1. The molecule has 8 heteroatoms. The number of anilines is 1. The molecule has 0 bridgehead atoms. The van der Waals surface area contributed by atoms with Gasteiger partial charge in [0.05, 0.1) is 12.1 Å². The summed E-state index contributed by atoms with van der Waals surface area (Å²) in [7, 11) is 0. The average molecular weight is 382 g/mol. The van der Waals surface area contributed by atoms with Crippen molar-refractivity contribution >= 4 is 17.5 Å². The van der Waals surface area contributed by atoms with Crippen LogP contribution in [0.15, 0.2) is 48.5 Å². The SMILES string of the molecule is CC(=O)N(CCc1ccc(F)cc1)CC(=O)Nc1cccc(C(F)(F)F)c1. The summed E-state index contributed by atoms with van der Waals surface area (Å²) in [6.07, 6.45) is -4.10. The van der Waals surface area contributed by atoms with Gasteiger partial charge in [0.25, 0.3) is 0 Å². The van der Waals surface area contributed by atoms with Crippen LogP contribution in [0.4, 0.5) is 23.2 Å². The van der Waals surface area contributed by atoms with Crippen molar-refractivity contribution in [3.63, 3.8) is 0 Å². The summed E-state index contributed by atoms with van der Waals surface area (Å²) in [6.45, 7) is 1.21. The van der Waals surface area contributed by atoms with Crippen LogP contribution in [0.2, 0.25) is 0 Å². The molecule has 0 aliphatic heterocycles. The Hall–Kier alpha value is -2.90. The van der Waals surface area contributed by atoms with Gasteiger partial charge in [-0.05, 0) is 42.3 Å². The Bertz CT molecular complexity index is 804. The van der Waals surface area contributed by atoms with Crippen LogP contribution >= 0.6 is 0 Å². The first kappa shape index (κ1) is 20.4. The van der Waals surface area contributed by atoms with Gasteiger partial charge in [0, 0.05) is 19.2 Å². The summed E-state index contributed by atoms with van der Waals surface area (Å²) in [5.41, 5.74) is -0.0853. The van der Waals surface area contributed by atoms with Gasteiger partial charge in [-0.25, -0.2) is 4.39 Å². The fraction of sp³-hybridized carbons (Fsp3) is 0.263. The lowest BCUT2D eigenvalue weighted by molar-refractivity contribution is -0.137. The van der Waals surface area contributed by atoms with Crippen molar-refractivity contribution in [3.8, 4) is 0 Å². The quantitative estimate of drug-likeness (QED) is 0.771. The summed E-state index contributed by atoms with van der Waals surface area (Å²) < 4.78 is 51.1. The Morgan fingerprint density at radius 1 is 1.07 bits per heavy atom. The van der Waals surface area contributed by atoms with Crippen LogP contribution in [-0.4, -0.2) is 29.8 Å². The highest BCUT2D eigenvalue weighted by molar-refractivity contribution is 5.94. The van der Waals surface area contributed by atoms with E-state index in [1.54, 1.807) is 12.1 Å².